The number of nitrogens with two attached hydrogens (primary N) is 1. The summed E-state index contributed by atoms with van der Waals surface area (Å²) in [6, 6.07) is 10.2. The van der Waals surface area contributed by atoms with Crippen molar-refractivity contribution < 1.29 is 5.21 Å². The van der Waals surface area contributed by atoms with Gasteiger partial charge in [-0.15, -0.1) is 0 Å². The van der Waals surface area contributed by atoms with Gasteiger partial charge in [-0.05, 0) is 12.5 Å². The minimum Gasteiger partial charge on any atom is -0.409 e. The van der Waals surface area contributed by atoms with Gasteiger partial charge in [0.25, 0.3) is 0 Å². The van der Waals surface area contributed by atoms with Gasteiger partial charge >= 0.3 is 0 Å². The van der Waals surface area contributed by atoms with Crippen LogP contribution in [0.25, 0.3) is 0 Å². The zero-order valence-corrected chi connectivity index (χ0v) is 12.1. The smallest absolute Gasteiger partial charge is 0.141 e. The summed E-state index contributed by atoms with van der Waals surface area (Å²) in [5, 5.41) is 15.4. The standard InChI is InChI=1S/C15H21N5O/c1-12(10-20-8-7-17-11-20)18-14(9-15(16)19-21)13-5-3-2-4-6-13/h2-8,11-12,14,18,21H,9-10H2,1H3,(H2,16,19). The quantitative estimate of drug-likeness (QED) is 0.313. The Morgan fingerprint density at radius 1 is 1.43 bits per heavy atom. The summed E-state index contributed by atoms with van der Waals surface area (Å²) in [7, 11) is 0. The van der Waals surface area contributed by atoms with Crippen LogP contribution in [-0.4, -0.2) is 26.6 Å². The third-order valence-electron chi connectivity index (χ3n) is 3.27. The molecule has 0 aliphatic carbocycles. The van der Waals surface area contributed by atoms with Gasteiger partial charge in [-0.1, -0.05) is 35.5 Å². The van der Waals surface area contributed by atoms with E-state index in [1.54, 1.807) is 12.5 Å². The highest BCUT2D eigenvalue weighted by Gasteiger charge is 2.16. The number of benzene rings is 1. The molecule has 6 nitrogen and oxygen atoms in total. The van der Waals surface area contributed by atoms with Crippen LogP contribution in [-0.2, 0) is 6.54 Å². The lowest BCUT2D eigenvalue weighted by molar-refractivity contribution is 0.314. The highest BCUT2D eigenvalue weighted by molar-refractivity contribution is 5.80. The molecule has 0 bridgehead atoms. The number of hydrogen-bond donors (Lipinski definition) is 3. The van der Waals surface area contributed by atoms with Gasteiger partial charge in [0.05, 0.1) is 6.33 Å². The predicted molar refractivity (Wildman–Crippen MR) is 82.0 cm³/mol. The molecular formula is C15H21N5O. The van der Waals surface area contributed by atoms with Crippen LogP contribution in [0, 0.1) is 0 Å². The fourth-order valence-electron chi connectivity index (χ4n) is 2.32. The number of aromatic nitrogens is 2. The topological polar surface area (TPSA) is 88.5 Å². The molecule has 0 saturated heterocycles. The molecule has 2 atom stereocenters. The normalized spacial score (nSPS) is 14.8. The maximum absolute atomic E-state index is 8.79. The summed E-state index contributed by atoms with van der Waals surface area (Å²) in [6.07, 6.45) is 5.94. The molecule has 2 unspecified atom stereocenters. The second-order valence-electron chi connectivity index (χ2n) is 5.09. The molecule has 2 rings (SSSR count). The van der Waals surface area contributed by atoms with Gasteiger partial charge in [0, 0.05) is 37.4 Å². The second-order valence-corrected chi connectivity index (χ2v) is 5.09. The molecule has 1 aromatic carbocycles. The Kier molecular flexibility index (Phi) is 5.34. The van der Waals surface area contributed by atoms with E-state index in [0.29, 0.717) is 6.42 Å². The summed E-state index contributed by atoms with van der Waals surface area (Å²) in [5.41, 5.74) is 6.78. The van der Waals surface area contributed by atoms with Crippen molar-refractivity contribution in [3.05, 3.63) is 54.6 Å². The number of oxime groups is 1. The number of imidazole rings is 1. The molecule has 0 spiro atoms. The van der Waals surface area contributed by atoms with Gasteiger partial charge in [0.2, 0.25) is 0 Å². The molecule has 0 saturated carbocycles. The molecular weight excluding hydrogens is 266 g/mol. The summed E-state index contributed by atoms with van der Waals surface area (Å²) >= 11 is 0. The third-order valence-corrected chi connectivity index (χ3v) is 3.27. The van der Waals surface area contributed by atoms with Crippen molar-refractivity contribution in [3.63, 3.8) is 0 Å². The van der Waals surface area contributed by atoms with Crippen molar-refractivity contribution in [1.82, 2.24) is 14.9 Å². The van der Waals surface area contributed by atoms with Crippen molar-refractivity contribution in [3.8, 4) is 0 Å². The zero-order chi connectivity index (χ0) is 15.1. The van der Waals surface area contributed by atoms with Crippen molar-refractivity contribution in [2.45, 2.75) is 32.0 Å². The van der Waals surface area contributed by atoms with Gasteiger partial charge in [0.15, 0.2) is 0 Å². The number of amidine groups is 1. The Labute approximate surface area is 124 Å². The second kappa shape index (κ2) is 7.44. The van der Waals surface area contributed by atoms with E-state index < -0.39 is 0 Å². The first kappa shape index (κ1) is 15.1. The lowest BCUT2D eigenvalue weighted by Crippen LogP contribution is -2.35. The molecule has 0 aliphatic rings. The van der Waals surface area contributed by atoms with Gasteiger partial charge in [-0.2, -0.15) is 0 Å². The van der Waals surface area contributed by atoms with Crippen molar-refractivity contribution in [2.24, 2.45) is 10.9 Å². The number of rotatable bonds is 7. The van der Waals surface area contributed by atoms with Crippen LogP contribution < -0.4 is 11.1 Å². The lowest BCUT2D eigenvalue weighted by atomic mass is 10.0. The molecule has 0 amide bonds. The minimum absolute atomic E-state index is 0.000575. The number of nitrogens with zero attached hydrogens (tertiary/aromatic N) is 3. The molecule has 0 aliphatic heterocycles. The van der Waals surface area contributed by atoms with Crippen LogP contribution in [0.2, 0.25) is 0 Å². The molecule has 21 heavy (non-hydrogen) atoms. The van der Waals surface area contributed by atoms with Crippen molar-refractivity contribution in [2.75, 3.05) is 0 Å². The first-order valence-electron chi connectivity index (χ1n) is 6.92. The molecule has 1 aromatic heterocycles. The number of hydrogen-bond acceptors (Lipinski definition) is 4. The molecule has 2 aromatic rings. The van der Waals surface area contributed by atoms with Crippen LogP contribution in [0.5, 0.6) is 0 Å². The molecule has 112 valence electrons. The first-order valence-corrected chi connectivity index (χ1v) is 6.92. The first-order chi connectivity index (χ1) is 10.2. The average molecular weight is 287 g/mol. The third kappa shape index (κ3) is 4.61. The Bertz CT molecular complexity index is 553. The highest BCUT2D eigenvalue weighted by Crippen LogP contribution is 2.17. The predicted octanol–water partition coefficient (Wildman–Crippen LogP) is 1.74. The van der Waals surface area contributed by atoms with E-state index in [1.165, 1.54) is 0 Å². The molecule has 0 radical (unpaired) electrons. The van der Waals surface area contributed by atoms with Gasteiger partial charge in [-0.25, -0.2) is 4.98 Å². The minimum atomic E-state index is 0.000575. The Morgan fingerprint density at radius 2 is 2.19 bits per heavy atom. The summed E-state index contributed by atoms with van der Waals surface area (Å²) in [4.78, 5) is 4.04. The largest absolute Gasteiger partial charge is 0.409 e. The maximum Gasteiger partial charge on any atom is 0.141 e. The zero-order valence-electron chi connectivity index (χ0n) is 12.1. The lowest BCUT2D eigenvalue weighted by Gasteiger charge is -2.23. The SMILES string of the molecule is CC(Cn1ccnc1)NC(CC(N)=NO)c1ccccc1. The summed E-state index contributed by atoms with van der Waals surface area (Å²) < 4.78 is 2.02. The van der Waals surface area contributed by atoms with Gasteiger partial charge < -0.3 is 20.8 Å². The Balaban J connectivity index is 2.05. The fraction of sp³-hybridized carbons (Fsp3) is 0.333. The maximum atomic E-state index is 8.79. The van der Waals surface area contributed by atoms with Crippen molar-refractivity contribution in [1.29, 1.82) is 0 Å². The average Bonchev–Trinajstić information content (AvgIpc) is 3.00. The van der Waals surface area contributed by atoms with Crippen LogP contribution in [0.1, 0.15) is 24.9 Å². The Morgan fingerprint density at radius 3 is 2.81 bits per heavy atom. The van der Waals surface area contributed by atoms with E-state index in [9.17, 15) is 0 Å². The highest BCUT2D eigenvalue weighted by atomic mass is 16.4. The Hall–Kier alpha value is -2.34. The molecule has 1 heterocycles. The molecule has 0 fully saturated rings. The number of nitrogens with one attached hydrogen (secondary N) is 1. The van der Waals surface area contributed by atoms with E-state index in [1.807, 2.05) is 41.1 Å². The monoisotopic (exact) mass is 287 g/mol. The van der Waals surface area contributed by atoms with E-state index >= 15 is 0 Å². The summed E-state index contributed by atoms with van der Waals surface area (Å²) in [6.45, 7) is 2.90. The van der Waals surface area contributed by atoms with Crippen LogP contribution in [0.3, 0.4) is 0 Å². The molecule has 6 heteroatoms. The van der Waals surface area contributed by atoms with Crippen LogP contribution in [0.4, 0.5) is 0 Å². The van der Waals surface area contributed by atoms with E-state index in [2.05, 4.69) is 22.4 Å². The van der Waals surface area contributed by atoms with Gasteiger partial charge in [0.1, 0.15) is 5.84 Å². The van der Waals surface area contributed by atoms with Crippen LogP contribution >= 0.6 is 0 Å². The summed E-state index contributed by atoms with van der Waals surface area (Å²) in [5.74, 6) is 0.214. The van der Waals surface area contributed by atoms with E-state index in [4.69, 9.17) is 10.9 Å². The van der Waals surface area contributed by atoms with Crippen LogP contribution in [0.15, 0.2) is 54.2 Å². The molecule has 4 N–H and O–H groups in total. The van der Waals surface area contributed by atoms with E-state index in [-0.39, 0.29) is 17.9 Å². The van der Waals surface area contributed by atoms with E-state index in [0.717, 1.165) is 12.1 Å². The van der Waals surface area contributed by atoms with Crippen molar-refractivity contribution >= 4 is 5.84 Å². The fourth-order valence-corrected chi connectivity index (χ4v) is 2.32. The van der Waals surface area contributed by atoms with Gasteiger partial charge in [-0.3, -0.25) is 0 Å².